The minimum atomic E-state index is -0.581. The number of rotatable bonds is 5. The van der Waals surface area contributed by atoms with Crippen molar-refractivity contribution in [3.05, 3.63) is 80.9 Å². The van der Waals surface area contributed by atoms with E-state index >= 15 is 0 Å². The number of aryl methyl sites for hydroxylation is 1. The van der Waals surface area contributed by atoms with E-state index in [0.717, 1.165) is 15.7 Å². The molecular formula is C21H16BrClN4O3. The van der Waals surface area contributed by atoms with Gasteiger partial charge in [-0.05, 0) is 56.3 Å². The van der Waals surface area contributed by atoms with Crippen LogP contribution in [0.4, 0.5) is 0 Å². The number of carbonyl (C=O) groups excluding carboxylic acids is 1. The van der Waals surface area contributed by atoms with Crippen LogP contribution < -0.4 is 0 Å². The smallest absolute Gasteiger partial charge is 0.361 e. The lowest BCUT2D eigenvalue weighted by molar-refractivity contribution is 0.0459. The molecule has 0 fully saturated rings. The number of benzene rings is 2. The molecule has 0 spiro atoms. The maximum atomic E-state index is 12.5. The van der Waals surface area contributed by atoms with Crippen molar-refractivity contribution in [2.24, 2.45) is 0 Å². The molecule has 0 aliphatic carbocycles. The number of esters is 1. The quantitative estimate of drug-likeness (QED) is 0.355. The Morgan fingerprint density at radius 2 is 1.97 bits per heavy atom. The van der Waals surface area contributed by atoms with Crippen molar-refractivity contribution >= 4 is 33.5 Å². The van der Waals surface area contributed by atoms with E-state index in [0.29, 0.717) is 28.1 Å². The molecule has 2 heterocycles. The molecule has 0 N–H and O–H groups in total. The van der Waals surface area contributed by atoms with Crippen molar-refractivity contribution < 1.29 is 13.9 Å². The Kier molecular flexibility index (Phi) is 5.69. The summed E-state index contributed by atoms with van der Waals surface area (Å²) >= 11 is 9.42. The summed E-state index contributed by atoms with van der Waals surface area (Å²) in [5, 5.41) is 8.63. The molecule has 0 bridgehead atoms. The van der Waals surface area contributed by atoms with Gasteiger partial charge >= 0.3 is 5.97 Å². The molecule has 7 nitrogen and oxygen atoms in total. The summed E-state index contributed by atoms with van der Waals surface area (Å²) in [5.41, 5.74) is 2.79. The zero-order valence-corrected chi connectivity index (χ0v) is 18.4. The van der Waals surface area contributed by atoms with Crippen molar-refractivity contribution in [1.29, 1.82) is 0 Å². The first-order valence-electron chi connectivity index (χ1n) is 9.00. The average Bonchev–Trinajstić information content (AvgIpc) is 3.29. The normalized spacial score (nSPS) is 10.9. The summed E-state index contributed by atoms with van der Waals surface area (Å²) in [4.78, 5) is 17.0. The summed E-state index contributed by atoms with van der Waals surface area (Å²) in [6.07, 6.45) is 0. The summed E-state index contributed by atoms with van der Waals surface area (Å²) in [5.74, 6) is 0.397. The summed E-state index contributed by atoms with van der Waals surface area (Å²) < 4.78 is 13.6. The Morgan fingerprint density at radius 3 is 2.70 bits per heavy atom. The molecule has 0 unspecified atom stereocenters. The van der Waals surface area contributed by atoms with E-state index in [-0.39, 0.29) is 12.3 Å². The predicted molar refractivity (Wildman–Crippen MR) is 115 cm³/mol. The average molecular weight is 488 g/mol. The number of aromatic nitrogens is 4. The highest BCUT2D eigenvalue weighted by Gasteiger charge is 2.20. The second-order valence-corrected chi connectivity index (χ2v) is 7.87. The van der Waals surface area contributed by atoms with Gasteiger partial charge in [-0.2, -0.15) is 0 Å². The SMILES string of the molecule is Cc1oc(-c2cccc(Cl)c2)nc1COC(=O)c1nnn(-c2ccc(Br)cc2)c1C. The first-order chi connectivity index (χ1) is 14.4. The highest BCUT2D eigenvalue weighted by Crippen LogP contribution is 2.25. The highest BCUT2D eigenvalue weighted by molar-refractivity contribution is 9.10. The molecule has 0 saturated heterocycles. The van der Waals surface area contributed by atoms with Crippen LogP contribution in [0.3, 0.4) is 0 Å². The number of hydrogen-bond donors (Lipinski definition) is 0. The Hall–Kier alpha value is -2.97. The van der Waals surface area contributed by atoms with Crippen LogP contribution in [0.2, 0.25) is 5.02 Å². The van der Waals surface area contributed by atoms with Gasteiger partial charge in [0.05, 0.1) is 11.4 Å². The molecule has 4 rings (SSSR count). The van der Waals surface area contributed by atoms with Crippen molar-refractivity contribution in [3.8, 4) is 17.1 Å². The maximum absolute atomic E-state index is 12.5. The molecule has 0 atom stereocenters. The largest absolute Gasteiger partial charge is 0.454 e. The predicted octanol–water partition coefficient (Wildman–Crippen LogP) is 5.31. The lowest BCUT2D eigenvalue weighted by Gasteiger charge is -2.04. The van der Waals surface area contributed by atoms with Crippen LogP contribution in [0.1, 0.15) is 27.6 Å². The van der Waals surface area contributed by atoms with E-state index in [2.05, 4.69) is 31.2 Å². The Bertz CT molecular complexity index is 1220. The van der Waals surface area contributed by atoms with Gasteiger partial charge in [0.1, 0.15) is 18.1 Å². The standard InChI is InChI=1S/C21H16BrClN4O3/c1-12-19(25-26-27(12)17-8-6-15(22)7-9-17)21(28)29-11-18-13(2)30-20(24-18)14-4-3-5-16(23)10-14/h3-10H,11H2,1-2H3. The van der Waals surface area contributed by atoms with Gasteiger partial charge in [0.2, 0.25) is 5.89 Å². The van der Waals surface area contributed by atoms with Gasteiger partial charge in [0, 0.05) is 15.1 Å². The minimum absolute atomic E-state index is 0.0423. The summed E-state index contributed by atoms with van der Waals surface area (Å²) in [6.45, 7) is 3.48. The van der Waals surface area contributed by atoms with E-state index < -0.39 is 5.97 Å². The molecule has 30 heavy (non-hydrogen) atoms. The lowest BCUT2D eigenvalue weighted by atomic mass is 10.2. The number of hydrogen-bond acceptors (Lipinski definition) is 6. The molecule has 4 aromatic rings. The number of ether oxygens (including phenoxy) is 1. The van der Waals surface area contributed by atoms with Gasteiger partial charge in [-0.3, -0.25) is 0 Å². The van der Waals surface area contributed by atoms with Crippen LogP contribution >= 0.6 is 27.5 Å². The fraction of sp³-hybridized carbons (Fsp3) is 0.143. The third kappa shape index (κ3) is 4.15. The third-order valence-electron chi connectivity index (χ3n) is 4.46. The van der Waals surface area contributed by atoms with Gasteiger partial charge in [0.25, 0.3) is 0 Å². The first kappa shape index (κ1) is 20.3. The van der Waals surface area contributed by atoms with E-state index in [1.165, 1.54) is 0 Å². The topological polar surface area (TPSA) is 83.0 Å². The van der Waals surface area contributed by atoms with Crippen LogP contribution in [0, 0.1) is 13.8 Å². The Labute approximate surface area is 185 Å². The molecule has 2 aromatic heterocycles. The summed E-state index contributed by atoms with van der Waals surface area (Å²) in [7, 11) is 0. The number of halogens is 2. The van der Waals surface area contributed by atoms with E-state index in [1.807, 2.05) is 36.4 Å². The zero-order chi connectivity index (χ0) is 21.3. The molecule has 9 heteroatoms. The van der Waals surface area contributed by atoms with Crippen LogP contribution in [0.5, 0.6) is 0 Å². The fourth-order valence-electron chi connectivity index (χ4n) is 2.85. The monoisotopic (exact) mass is 486 g/mol. The van der Waals surface area contributed by atoms with Gasteiger partial charge in [0.15, 0.2) is 5.69 Å². The van der Waals surface area contributed by atoms with Gasteiger partial charge in [-0.25, -0.2) is 14.5 Å². The van der Waals surface area contributed by atoms with Gasteiger partial charge in [-0.15, -0.1) is 5.10 Å². The third-order valence-corrected chi connectivity index (χ3v) is 5.23. The van der Waals surface area contributed by atoms with Gasteiger partial charge in [-0.1, -0.05) is 38.8 Å². The van der Waals surface area contributed by atoms with Crippen molar-refractivity contribution in [2.75, 3.05) is 0 Å². The molecule has 0 amide bonds. The summed E-state index contributed by atoms with van der Waals surface area (Å²) in [6, 6.07) is 14.7. The van der Waals surface area contributed by atoms with E-state index in [9.17, 15) is 4.79 Å². The molecule has 152 valence electrons. The van der Waals surface area contributed by atoms with E-state index in [4.69, 9.17) is 20.8 Å². The first-order valence-corrected chi connectivity index (χ1v) is 10.2. The van der Waals surface area contributed by atoms with Crippen LogP contribution in [-0.2, 0) is 11.3 Å². The maximum Gasteiger partial charge on any atom is 0.361 e. The van der Waals surface area contributed by atoms with E-state index in [1.54, 1.807) is 30.7 Å². The van der Waals surface area contributed by atoms with Crippen molar-refractivity contribution in [1.82, 2.24) is 20.0 Å². The molecule has 0 radical (unpaired) electrons. The second kappa shape index (κ2) is 8.41. The van der Waals surface area contributed by atoms with Crippen LogP contribution in [0.25, 0.3) is 17.1 Å². The molecule has 0 aliphatic heterocycles. The Balaban J connectivity index is 1.49. The second-order valence-electron chi connectivity index (χ2n) is 6.52. The van der Waals surface area contributed by atoms with Crippen LogP contribution in [-0.4, -0.2) is 25.9 Å². The Morgan fingerprint density at radius 1 is 1.20 bits per heavy atom. The molecule has 0 aliphatic rings. The number of oxazole rings is 1. The van der Waals surface area contributed by atoms with Crippen molar-refractivity contribution in [2.45, 2.75) is 20.5 Å². The lowest BCUT2D eigenvalue weighted by Crippen LogP contribution is -2.09. The molecular weight excluding hydrogens is 472 g/mol. The zero-order valence-electron chi connectivity index (χ0n) is 16.1. The van der Waals surface area contributed by atoms with Crippen molar-refractivity contribution in [3.63, 3.8) is 0 Å². The fourth-order valence-corrected chi connectivity index (χ4v) is 3.31. The molecule has 0 saturated carbocycles. The minimum Gasteiger partial charge on any atom is -0.454 e. The van der Waals surface area contributed by atoms with Crippen LogP contribution in [0.15, 0.2) is 57.4 Å². The molecule has 2 aromatic carbocycles. The number of nitrogens with zero attached hydrogens (tertiary/aromatic N) is 4. The highest BCUT2D eigenvalue weighted by atomic mass is 79.9. The van der Waals surface area contributed by atoms with Gasteiger partial charge < -0.3 is 9.15 Å². The number of carbonyl (C=O) groups is 1.